The van der Waals surface area contributed by atoms with Crippen LogP contribution in [0.4, 0.5) is 0 Å². The van der Waals surface area contributed by atoms with Crippen LogP contribution in [0.2, 0.25) is 10.0 Å². The zero-order chi connectivity index (χ0) is 16.1. The molecule has 122 valence electrons. The number of halogens is 2. The van der Waals surface area contributed by atoms with Crippen molar-refractivity contribution in [2.45, 2.75) is 32.4 Å². The molecule has 1 aliphatic rings. The molecule has 5 heteroatoms. The predicted molar refractivity (Wildman–Crippen MR) is 94.1 cm³/mol. The van der Waals surface area contributed by atoms with Gasteiger partial charge in [0.1, 0.15) is 5.75 Å². The fourth-order valence-corrected chi connectivity index (χ4v) is 3.52. The van der Waals surface area contributed by atoms with Gasteiger partial charge >= 0.3 is 0 Å². The molecule has 0 radical (unpaired) electrons. The lowest BCUT2D eigenvalue weighted by atomic mass is 10.0. The van der Waals surface area contributed by atoms with Gasteiger partial charge in [0, 0.05) is 29.7 Å². The van der Waals surface area contributed by atoms with Crippen LogP contribution in [0.3, 0.4) is 0 Å². The molecule has 0 amide bonds. The molecule has 0 aromatic heterocycles. The third kappa shape index (κ3) is 4.88. The molecule has 3 nitrogen and oxygen atoms in total. The fourth-order valence-electron chi connectivity index (χ4n) is 2.90. The van der Waals surface area contributed by atoms with Crippen molar-refractivity contribution in [1.29, 1.82) is 0 Å². The Hall–Kier alpha value is -0.740. The monoisotopic (exact) mass is 342 g/mol. The van der Waals surface area contributed by atoms with E-state index in [9.17, 15) is 0 Å². The Morgan fingerprint density at radius 2 is 2.05 bits per heavy atom. The minimum absolute atomic E-state index is 0.517. The van der Waals surface area contributed by atoms with Gasteiger partial charge in [0.2, 0.25) is 0 Å². The summed E-state index contributed by atoms with van der Waals surface area (Å²) in [6.07, 6.45) is 2.29. The Kier molecular flexibility index (Phi) is 6.57. The SMILES string of the molecule is C=C(C)CN1CCC(NCc2cc(Cl)cc(Cl)c2OC)CC1. The number of piperidine rings is 1. The van der Waals surface area contributed by atoms with E-state index in [4.69, 9.17) is 27.9 Å². The average Bonchev–Trinajstić information content (AvgIpc) is 2.45. The molecule has 1 fully saturated rings. The average molecular weight is 343 g/mol. The highest BCUT2D eigenvalue weighted by atomic mass is 35.5. The van der Waals surface area contributed by atoms with Crippen LogP contribution in [-0.2, 0) is 6.54 Å². The van der Waals surface area contributed by atoms with Crippen LogP contribution in [0.15, 0.2) is 24.3 Å². The van der Waals surface area contributed by atoms with Gasteiger partial charge in [-0.1, -0.05) is 35.4 Å². The molecule has 1 aromatic rings. The van der Waals surface area contributed by atoms with Gasteiger partial charge in [0.05, 0.1) is 12.1 Å². The van der Waals surface area contributed by atoms with Crippen LogP contribution >= 0.6 is 23.2 Å². The van der Waals surface area contributed by atoms with Crippen molar-refractivity contribution < 1.29 is 4.74 Å². The van der Waals surface area contributed by atoms with Crippen molar-refractivity contribution in [3.63, 3.8) is 0 Å². The van der Waals surface area contributed by atoms with Crippen molar-refractivity contribution in [3.8, 4) is 5.75 Å². The van der Waals surface area contributed by atoms with Gasteiger partial charge in [-0.2, -0.15) is 0 Å². The van der Waals surface area contributed by atoms with Crippen molar-refractivity contribution >= 4 is 23.2 Å². The molecule has 1 aliphatic heterocycles. The minimum atomic E-state index is 0.517. The molecule has 1 aromatic carbocycles. The van der Waals surface area contributed by atoms with E-state index >= 15 is 0 Å². The van der Waals surface area contributed by atoms with Crippen molar-refractivity contribution in [1.82, 2.24) is 10.2 Å². The molecular formula is C17H24Cl2N2O. The summed E-state index contributed by atoms with van der Waals surface area (Å²) in [6.45, 7) is 10.0. The molecule has 0 atom stereocenters. The summed E-state index contributed by atoms with van der Waals surface area (Å²) in [5.41, 5.74) is 2.23. The molecule has 0 spiro atoms. The Bertz CT molecular complexity index is 526. The van der Waals surface area contributed by atoms with Crippen molar-refractivity contribution in [2.75, 3.05) is 26.7 Å². The first kappa shape index (κ1) is 17.6. The zero-order valence-electron chi connectivity index (χ0n) is 13.3. The first-order valence-electron chi connectivity index (χ1n) is 7.61. The van der Waals surface area contributed by atoms with Crippen LogP contribution in [0, 0.1) is 0 Å². The normalized spacial score (nSPS) is 16.7. The summed E-state index contributed by atoms with van der Waals surface area (Å²) >= 11 is 12.3. The molecule has 0 bridgehead atoms. The first-order chi connectivity index (χ1) is 10.5. The van der Waals surface area contributed by atoms with E-state index < -0.39 is 0 Å². The van der Waals surface area contributed by atoms with Gasteiger partial charge in [-0.15, -0.1) is 0 Å². The molecular weight excluding hydrogens is 319 g/mol. The number of nitrogens with zero attached hydrogens (tertiary/aromatic N) is 1. The van der Waals surface area contributed by atoms with Crippen molar-refractivity contribution in [3.05, 3.63) is 39.9 Å². The van der Waals surface area contributed by atoms with E-state index in [1.54, 1.807) is 13.2 Å². The van der Waals surface area contributed by atoms with Gasteiger partial charge in [0.15, 0.2) is 0 Å². The molecule has 22 heavy (non-hydrogen) atoms. The highest BCUT2D eigenvalue weighted by Crippen LogP contribution is 2.32. The first-order valence-corrected chi connectivity index (χ1v) is 8.37. The molecule has 2 rings (SSSR count). The summed E-state index contributed by atoms with van der Waals surface area (Å²) in [6, 6.07) is 4.14. The number of methoxy groups -OCH3 is 1. The Balaban J connectivity index is 1.88. The summed E-state index contributed by atoms with van der Waals surface area (Å²) < 4.78 is 5.38. The quantitative estimate of drug-likeness (QED) is 0.786. The number of hydrogen-bond acceptors (Lipinski definition) is 3. The number of rotatable bonds is 6. The van der Waals surface area contributed by atoms with Gasteiger partial charge in [-0.3, -0.25) is 4.90 Å². The Morgan fingerprint density at radius 3 is 2.64 bits per heavy atom. The number of hydrogen-bond donors (Lipinski definition) is 1. The van der Waals surface area contributed by atoms with E-state index in [1.165, 1.54) is 5.57 Å². The highest BCUT2D eigenvalue weighted by Gasteiger charge is 2.19. The summed E-state index contributed by atoms with van der Waals surface area (Å²) in [4.78, 5) is 2.46. The van der Waals surface area contributed by atoms with Crippen LogP contribution in [-0.4, -0.2) is 37.7 Å². The topological polar surface area (TPSA) is 24.5 Å². The maximum absolute atomic E-state index is 6.17. The lowest BCUT2D eigenvalue weighted by Gasteiger charge is -2.32. The van der Waals surface area contributed by atoms with Crippen LogP contribution in [0.1, 0.15) is 25.3 Å². The maximum Gasteiger partial charge on any atom is 0.142 e. The lowest BCUT2D eigenvalue weighted by molar-refractivity contribution is 0.211. The van der Waals surface area contributed by atoms with E-state index in [0.717, 1.165) is 38.0 Å². The van der Waals surface area contributed by atoms with Crippen LogP contribution in [0.25, 0.3) is 0 Å². The standard InChI is InChI=1S/C17H24Cl2N2O/c1-12(2)11-21-6-4-15(5-7-21)20-10-13-8-14(18)9-16(19)17(13)22-3/h8-9,15,20H,1,4-7,10-11H2,2-3H3. The van der Waals surface area contributed by atoms with E-state index in [2.05, 4.69) is 23.7 Å². The second kappa shape index (κ2) is 8.21. The Labute approximate surface area is 143 Å². The van der Waals surface area contributed by atoms with Crippen LogP contribution < -0.4 is 10.1 Å². The highest BCUT2D eigenvalue weighted by molar-refractivity contribution is 6.35. The van der Waals surface area contributed by atoms with Crippen molar-refractivity contribution in [2.24, 2.45) is 0 Å². The van der Waals surface area contributed by atoms with Gasteiger partial charge in [-0.25, -0.2) is 0 Å². The summed E-state index contributed by atoms with van der Waals surface area (Å²) in [7, 11) is 1.63. The van der Waals surface area contributed by atoms with E-state index in [0.29, 0.717) is 28.4 Å². The molecule has 1 N–H and O–H groups in total. The Morgan fingerprint density at radius 1 is 1.36 bits per heavy atom. The lowest BCUT2D eigenvalue weighted by Crippen LogP contribution is -2.42. The maximum atomic E-state index is 6.17. The van der Waals surface area contributed by atoms with E-state index in [1.807, 2.05) is 6.07 Å². The second-order valence-electron chi connectivity index (χ2n) is 5.97. The summed E-state index contributed by atoms with van der Waals surface area (Å²) in [5.74, 6) is 0.707. The number of ether oxygens (including phenoxy) is 1. The smallest absolute Gasteiger partial charge is 0.142 e. The largest absolute Gasteiger partial charge is 0.495 e. The van der Waals surface area contributed by atoms with Gasteiger partial charge in [-0.05, 0) is 45.0 Å². The van der Waals surface area contributed by atoms with Gasteiger partial charge in [0.25, 0.3) is 0 Å². The van der Waals surface area contributed by atoms with Gasteiger partial charge < -0.3 is 10.1 Å². The zero-order valence-corrected chi connectivity index (χ0v) is 14.8. The number of nitrogens with one attached hydrogen (secondary N) is 1. The molecule has 0 saturated carbocycles. The predicted octanol–water partition coefficient (Wildman–Crippen LogP) is 4.13. The fraction of sp³-hybridized carbons (Fsp3) is 0.529. The molecule has 1 saturated heterocycles. The molecule has 0 unspecified atom stereocenters. The molecule has 1 heterocycles. The molecule has 0 aliphatic carbocycles. The van der Waals surface area contributed by atoms with E-state index in [-0.39, 0.29) is 0 Å². The third-order valence-electron chi connectivity index (χ3n) is 3.95. The second-order valence-corrected chi connectivity index (χ2v) is 6.81. The minimum Gasteiger partial charge on any atom is -0.495 e. The number of likely N-dealkylation sites (tertiary alicyclic amines) is 1. The number of benzene rings is 1. The summed E-state index contributed by atoms with van der Waals surface area (Å²) in [5, 5.41) is 4.79. The third-order valence-corrected chi connectivity index (χ3v) is 4.45. The van der Waals surface area contributed by atoms with Crippen LogP contribution in [0.5, 0.6) is 5.75 Å².